The van der Waals surface area contributed by atoms with Gasteiger partial charge in [-0.25, -0.2) is 4.98 Å². The number of methoxy groups -OCH3 is 1. The fourth-order valence-electron chi connectivity index (χ4n) is 2.87. The second kappa shape index (κ2) is 6.69. The van der Waals surface area contributed by atoms with E-state index in [4.69, 9.17) is 4.74 Å². The van der Waals surface area contributed by atoms with E-state index in [0.29, 0.717) is 18.1 Å². The second-order valence-corrected chi connectivity index (χ2v) is 5.48. The van der Waals surface area contributed by atoms with Crippen LogP contribution in [0.1, 0.15) is 44.6 Å². The van der Waals surface area contributed by atoms with E-state index < -0.39 is 0 Å². The molecule has 0 spiro atoms. The molecule has 1 aliphatic carbocycles. The first-order chi connectivity index (χ1) is 9.22. The van der Waals surface area contributed by atoms with Gasteiger partial charge >= 0.3 is 0 Å². The minimum atomic E-state index is 0.268. The molecule has 0 saturated heterocycles. The number of aromatic nitrogens is 1. The number of hydrogen-bond donors (Lipinski definition) is 0. The lowest BCUT2D eigenvalue weighted by atomic mass is 9.78. The molecule has 1 fully saturated rings. The molecule has 0 aliphatic heterocycles. The smallest absolute Gasteiger partial charge is 0.212 e. The quantitative estimate of drug-likeness (QED) is 0.815. The van der Waals surface area contributed by atoms with E-state index in [2.05, 4.69) is 11.9 Å². The lowest BCUT2D eigenvalue weighted by molar-refractivity contribution is -0.123. The first-order valence-corrected chi connectivity index (χ1v) is 7.24. The molecule has 1 heterocycles. The van der Waals surface area contributed by atoms with Crippen molar-refractivity contribution in [2.45, 2.75) is 45.4 Å². The Morgan fingerprint density at radius 1 is 1.32 bits per heavy atom. The zero-order valence-electron chi connectivity index (χ0n) is 11.9. The molecule has 0 bridgehead atoms. The van der Waals surface area contributed by atoms with Crippen molar-refractivity contribution in [1.82, 2.24) is 4.98 Å². The molecule has 1 aromatic rings. The van der Waals surface area contributed by atoms with Crippen molar-refractivity contribution < 1.29 is 9.53 Å². The average Bonchev–Trinajstić information content (AvgIpc) is 2.48. The van der Waals surface area contributed by atoms with Gasteiger partial charge in [-0.2, -0.15) is 0 Å². The van der Waals surface area contributed by atoms with Crippen molar-refractivity contribution in [3.63, 3.8) is 0 Å². The molecule has 2 rings (SSSR count). The monoisotopic (exact) mass is 261 g/mol. The number of rotatable bonds is 5. The number of pyridine rings is 1. The van der Waals surface area contributed by atoms with Crippen molar-refractivity contribution in [3.05, 3.63) is 23.9 Å². The highest BCUT2D eigenvalue weighted by atomic mass is 16.5. The van der Waals surface area contributed by atoms with Gasteiger partial charge in [-0.15, -0.1) is 0 Å². The van der Waals surface area contributed by atoms with Gasteiger partial charge in [0, 0.05) is 24.6 Å². The van der Waals surface area contributed by atoms with Crippen molar-refractivity contribution in [2.75, 3.05) is 7.11 Å². The number of ether oxygens (including phenoxy) is 1. The molecule has 0 atom stereocenters. The maximum Gasteiger partial charge on any atom is 0.212 e. The van der Waals surface area contributed by atoms with Gasteiger partial charge < -0.3 is 4.74 Å². The average molecular weight is 261 g/mol. The summed E-state index contributed by atoms with van der Waals surface area (Å²) in [4.78, 5) is 16.4. The van der Waals surface area contributed by atoms with Crippen molar-refractivity contribution >= 4 is 5.78 Å². The number of Topliss-reactive ketones (excluding diaryl/α,β-unsaturated/α-hetero) is 1. The number of hydrogen-bond acceptors (Lipinski definition) is 3. The molecular weight excluding hydrogens is 238 g/mol. The maximum atomic E-state index is 12.3. The Hall–Kier alpha value is -1.38. The van der Waals surface area contributed by atoms with E-state index in [1.165, 1.54) is 19.3 Å². The van der Waals surface area contributed by atoms with Crippen molar-refractivity contribution in [1.29, 1.82) is 0 Å². The van der Waals surface area contributed by atoms with E-state index in [0.717, 1.165) is 24.3 Å². The van der Waals surface area contributed by atoms with Gasteiger partial charge in [-0.1, -0.05) is 19.4 Å². The highest BCUT2D eigenvalue weighted by Crippen LogP contribution is 2.31. The summed E-state index contributed by atoms with van der Waals surface area (Å²) in [6.45, 7) is 2.25. The summed E-state index contributed by atoms with van der Waals surface area (Å²) < 4.78 is 5.02. The molecule has 1 aromatic heterocycles. The van der Waals surface area contributed by atoms with Crippen LogP contribution in [0.4, 0.5) is 0 Å². The van der Waals surface area contributed by atoms with Crippen molar-refractivity contribution in [3.8, 4) is 5.88 Å². The van der Waals surface area contributed by atoms with Crippen LogP contribution in [0, 0.1) is 11.8 Å². The molecule has 3 nitrogen and oxygen atoms in total. The molecule has 0 unspecified atom stereocenters. The third-order valence-corrected chi connectivity index (χ3v) is 4.26. The molecule has 1 aliphatic rings. The molecule has 1 saturated carbocycles. The molecular formula is C16H23NO2. The Bertz CT molecular complexity index is 405. The van der Waals surface area contributed by atoms with E-state index in [-0.39, 0.29) is 5.92 Å². The van der Waals surface area contributed by atoms with Gasteiger partial charge in [0.2, 0.25) is 5.88 Å². The van der Waals surface area contributed by atoms with Crippen LogP contribution in [0.2, 0.25) is 0 Å². The minimum Gasteiger partial charge on any atom is -0.481 e. The summed E-state index contributed by atoms with van der Waals surface area (Å²) in [5.74, 6) is 2.08. The van der Waals surface area contributed by atoms with Gasteiger partial charge in [0.05, 0.1) is 7.11 Å². The molecule has 0 amide bonds. The third-order valence-electron chi connectivity index (χ3n) is 4.26. The van der Waals surface area contributed by atoms with Crippen LogP contribution >= 0.6 is 0 Å². The van der Waals surface area contributed by atoms with E-state index >= 15 is 0 Å². The van der Waals surface area contributed by atoms with Gasteiger partial charge in [0.15, 0.2) is 0 Å². The highest BCUT2D eigenvalue weighted by molar-refractivity contribution is 5.83. The Morgan fingerprint density at radius 3 is 2.58 bits per heavy atom. The van der Waals surface area contributed by atoms with Crippen molar-refractivity contribution in [2.24, 2.45) is 11.8 Å². The van der Waals surface area contributed by atoms with Crippen LogP contribution in [0.15, 0.2) is 18.3 Å². The summed E-state index contributed by atoms with van der Waals surface area (Å²) in [5.41, 5.74) is 0.989. The Kier molecular flexibility index (Phi) is 4.94. The van der Waals surface area contributed by atoms with E-state index in [9.17, 15) is 4.79 Å². The van der Waals surface area contributed by atoms with E-state index in [1.54, 1.807) is 13.3 Å². The first-order valence-electron chi connectivity index (χ1n) is 7.24. The third kappa shape index (κ3) is 3.79. The summed E-state index contributed by atoms with van der Waals surface area (Å²) >= 11 is 0. The van der Waals surface area contributed by atoms with Gasteiger partial charge in [-0.3, -0.25) is 4.79 Å². The van der Waals surface area contributed by atoms with Crippen LogP contribution in [0.5, 0.6) is 5.88 Å². The fraction of sp³-hybridized carbons (Fsp3) is 0.625. The SMILES string of the molecule is CCC1CCC(C(=O)Cc2ccc(OC)nc2)CC1. The Balaban J connectivity index is 1.86. The van der Waals surface area contributed by atoms with Crippen LogP contribution < -0.4 is 4.74 Å². The molecule has 0 N–H and O–H groups in total. The summed E-state index contributed by atoms with van der Waals surface area (Å²) in [5, 5.41) is 0. The van der Waals surface area contributed by atoms with Gasteiger partial charge in [0.25, 0.3) is 0 Å². The Labute approximate surface area is 115 Å². The maximum absolute atomic E-state index is 12.3. The summed E-state index contributed by atoms with van der Waals surface area (Å²) in [6, 6.07) is 3.75. The lowest BCUT2D eigenvalue weighted by Crippen LogP contribution is -2.23. The fourth-order valence-corrected chi connectivity index (χ4v) is 2.87. The number of nitrogens with zero attached hydrogens (tertiary/aromatic N) is 1. The summed E-state index contributed by atoms with van der Waals surface area (Å²) in [6.07, 6.45) is 8.08. The lowest BCUT2D eigenvalue weighted by Gasteiger charge is -2.26. The van der Waals surface area contributed by atoms with Crippen LogP contribution in [0.25, 0.3) is 0 Å². The Morgan fingerprint density at radius 2 is 2.05 bits per heavy atom. The zero-order chi connectivity index (χ0) is 13.7. The number of ketones is 1. The zero-order valence-corrected chi connectivity index (χ0v) is 11.9. The molecule has 3 heteroatoms. The van der Waals surface area contributed by atoms with Crippen LogP contribution in [-0.2, 0) is 11.2 Å². The minimum absolute atomic E-state index is 0.268. The normalized spacial score (nSPS) is 23.1. The number of carbonyl (C=O) groups is 1. The molecule has 104 valence electrons. The predicted molar refractivity (Wildman–Crippen MR) is 75.2 cm³/mol. The van der Waals surface area contributed by atoms with Crippen LogP contribution in [-0.4, -0.2) is 17.9 Å². The second-order valence-electron chi connectivity index (χ2n) is 5.48. The summed E-state index contributed by atoms with van der Waals surface area (Å²) in [7, 11) is 1.60. The van der Waals surface area contributed by atoms with Crippen LogP contribution in [0.3, 0.4) is 0 Å². The van der Waals surface area contributed by atoms with Gasteiger partial charge in [0.1, 0.15) is 5.78 Å². The molecule has 0 radical (unpaired) electrons. The first kappa shape index (κ1) is 14.0. The highest BCUT2D eigenvalue weighted by Gasteiger charge is 2.25. The largest absolute Gasteiger partial charge is 0.481 e. The molecule has 19 heavy (non-hydrogen) atoms. The predicted octanol–water partition coefficient (Wildman–Crippen LogP) is 3.42. The van der Waals surface area contributed by atoms with Gasteiger partial charge in [-0.05, 0) is 37.2 Å². The number of carbonyl (C=O) groups excluding carboxylic acids is 1. The topological polar surface area (TPSA) is 39.2 Å². The molecule has 0 aromatic carbocycles. The standard InChI is InChI=1S/C16H23NO2/c1-3-12-4-7-14(8-5-12)15(18)10-13-6-9-16(19-2)17-11-13/h6,9,11-12,14H,3-5,7-8,10H2,1-2H3. The van der Waals surface area contributed by atoms with E-state index in [1.807, 2.05) is 12.1 Å².